The molecule has 6 nitrogen and oxygen atoms in total. The Labute approximate surface area is 101 Å². The molecule has 2 N–H and O–H groups in total. The second kappa shape index (κ2) is 5.77. The van der Waals surface area contributed by atoms with Gasteiger partial charge in [0.2, 0.25) is 0 Å². The van der Waals surface area contributed by atoms with Crippen molar-refractivity contribution in [2.45, 2.75) is 32.2 Å². The molecule has 2 rings (SSSR count). The molecule has 0 atom stereocenters. The lowest BCUT2D eigenvalue weighted by Crippen LogP contribution is -2.32. The average Bonchev–Trinajstić information content (AvgIpc) is 2.64. The maximum absolute atomic E-state index is 12.1. The first kappa shape index (κ1) is 12.0. The van der Waals surface area contributed by atoms with Crippen LogP contribution in [0.25, 0.3) is 0 Å². The van der Waals surface area contributed by atoms with Gasteiger partial charge in [0, 0.05) is 19.6 Å². The van der Waals surface area contributed by atoms with Gasteiger partial charge in [-0.15, -0.1) is 5.10 Å². The normalized spacial score (nSPS) is 16.9. The van der Waals surface area contributed by atoms with Crippen molar-refractivity contribution >= 4 is 5.91 Å². The number of likely N-dealkylation sites (tertiary alicyclic amines) is 1. The quantitative estimate of drug-likeness (QED) is 0.817. The van der Waals surface area contributed by atoms with Crippen LogP contribution in [-0.2, 0) is 6.54 Å². The molecule has 0 bridgehead atoms. The van der Waals surface area contributed by atoms with Crippen LogP contribution in [0.2, 0.25) is 0 Å². The molecule has 2 heterocycles. The van der Waals surface area contributed by atoms with Crippen molar-refractivity contribution in [3.8, 4) is 0 Å². The fourth-order valence-corrected chi connectivity index (χ4v) is 2.07. The molecule has 0 aromatic carbocycles. The Kier molecular flexibility index (Phi) is 4.08. The Bertz CT molecular complexity index is 368. The van der Waals surface area contributed by atoms with Gasteiger partial charge < -0.3 is 10.6 Å². The van der Waals surface area contributed by atoms with E-state index >= 15 is 0 Å². The highest BCUT2D eigenvalue weighted by atomic mass is 16.2. The van der Waals surface area contributed by atoms with Crippen molar-refractivity contribution in [3.63, 3.8) is 0 Å². The van der Waals surface area contributed by atoms with E-state index in [0.717, 1.165) is 25.9 Å². The Morgan fingerprint density at radius 3 is 2.65 bits per heavy atom. The molecule has 0 unspecified atom stereocenters. The lowest BCUT2D eigenvalue weighted by molar-refractivity contribution is 0.0755. The zero-order valence-corrected chi connectivity index (χ0v) is 10.0. The maximum atomic E-state index is 12.1. The molecule has 17 heavy (non-hydrogen) atoms. The number of carbonyl (C=O) groups excluding carboxylic acids is 1. The largest absolute Gasteiger partial charge is 0.337 e. The predicted octanol–water partition coefficient (Wildman–Crippen LogP) is 0.253. The summed E-state index contributed by atoms with van der Waals surface area (Å²) in [5, 5.41) is 7.79. The Morgan fingerprint density at radius 2 is 2.00 bits per heavy atom. The SMILES string of the molecule is NCCn1cc(C(=O)N2CCCCCC2)nn1. The molecule has 0 aliphatic carbocycles. The summed E-state index contributed by atoms with van der Waals surface area (Å²) >= 11 is 0. The predicted molar refractivity (Wildman–Crippen MR) is 63.4 cm³/mol. The summed E-state index contributed by atoms with van der Waals surface area (Å²) in [6.07, 6.45) is 6.28. The molecule has 94 valence electrons. The summed E-state index contributed by atoms with van der Waals surface area (Å²) in [5.74, 6) is -0.00447. The molecule has 1 fully saturated rings. The van der Waals surface area contributed by atoms with Gasteiger partial charge in [-0.3, -0.25) is 9.48 Å². The van der Waals surface area contributed by atoms with E-state index in [1.54, 1.807) is 10.9 Å². The first-order valence-corrected chi connectivity index (χ1v) is 6.21. The fourth-order valence-electron chi connectivity index (χ4n) is 2.07. The van der Waals surface area contributed by atoms with Gasteiger partial charge in [0.25, 0.3) is 5.91 Å². The molecular weight excluding hydrogens is 218 g/mol. The number of carbonyl (C=O) groups is 1. The van der Waals surface area contributed by atoms with Crippen LogP contribution in [0, 0.1) is 0 Å². The van der Waals surface area contributed by atoms with Crippen molar-refractivity contribution in [1.82, 2.24) is 19.9 Å². The fraction of sp³-hybridized carbons (Fsp3) is 0.727. The highest BCUT2D eigenvalue weighted by Gasteiger charge is 2.19. The summed E-state index contributed by atoms with van der Waals surface area (Å²) in [6, 6.07) is 0. The minimum atomic E-state index is -0.00447. The number of nitrogens with two attached hydrogens (primary N) is 1. The van der Waals surface area contributed by atoms with Gasteiger partial charge in [-0.25, -0.2) is 0 Å². The van der Waals surface area contributed by atoms with Crippen LogP contribution < -0.4 is 5.73 Å². The Morgan fingerprint density at radius 1 is 1.29 bits per heavy atom. The molecule has 0 radical (unpaired) electrons. The lowest BCUT2D eigenvalue weighted by Gasteiger charge is -2.18. The Balaban J connectivity index is 2.01. The topological polar surface area (TPSA) is 77.0 Å². The number of hydrogen-bond donors (Lipinski definition) is 1. The summed E-state index contributed by atoms with van der Waals surface area (Å²) < 4.78 is 1.62. The van der Waals surface area contributed by atoms with E-state index < -0.39 is 0 Å². The van der Waals surface area contributed by atoms with Gasteiger partial charge in [0.15, 0.2) is 5.69 Å². The van der Waals surface area contributed by atoms with Crippen molar-refractivity contribution in [2.24, 2.45) is 5.73 Å². The van der Waals surface area contributed by atoms with Crippen molar-refractivity contribution < 1.29 is 4.79 Å². The molecule has 1 saturated heterocycles. The van der Waals surface area contributed by atoms with Crippen LogP contribution in [0.15, 0.2) is 6.20 Å². The number of nitrogens with zero attached hydrogens (tertiary/aromatic N) is 4. The molecule has 1 aliphatic rings. The Hall–Kier alpha value is -1.43. The summed E-state index contributed by atoms with van der Waals surface area (Å²) in [5.41, 5.74) is 5.86. The summed E-state index contributed by atoms with van der Waals surface area (Å²) in [6.45, 7) is 2.77. The van der Waals surface area contributed by atoms with E-state index in [1.807, 2.05) is 4.90 Å². The van der Waals surface area contributed by atoms with Gasteiger partial charge in [-0.2, -0.15) is 0 Å². The lowest BCUT2D eigenvalue weighted by atomic mass is 10.2. The molecule has 1 aromatic heterocycles. The summed E-state index contributed by atoms with van der Waals surface area (Å²) in [4.78, 5) is 14.0. The van der Waals surface area contributed by atoms with E-state index in [1.165, 1.54) is 12.8 Å². The van der Waals surface area contributed by atoms with Crippen molar-refractivity contribution in [3.05, 3.63) is 11.9 Å². The van der Waals surface area contributed by atoms with Crippen molar-refractivity contribution in [1.29, 1.82) is 0 Å². The van der Waals surface area contributed by atoms with Crippen LogP contribution in [0.3, 0.4) is 0 Å². The number of aromatic nitrogens is 3. The molecule has 1 amide bonds. The third-order valence-corrected chi connectivity index (χ3v) is 3.01. The second-order valence-electron chi connectivity index (χ2n) is 4.36. The number of amides is 1. The third kappa shape index (κ3) is 3.03. The van der Waals surface area contributed by atoms with Crippen LogP contribution in [0.1, 0.15) is 36.2 Å². The van der Waals surface area contributed by atoms with Crippen molar-refractivity contribution in [2.75, 3.05) is 19.6 Å². The van der Waals surface area contributed by atoms with E-state index in [-0.39, 0.29) is 5.91 Å². The van der Waals surface area contributed by atoms with Crippen LogP contribution in [0.4, 0.5) is 0 Å². The minimum absolute atomic E-state index is 0.00447. The molecule has 0 spiro atoms. The number of rotatable bonds is 3. The summed E-state index contributed by atoms with van der Waals surface area (Å²) in [7, 11) is 0. The van der Waals surface area contributed by atoms with E-state index in [2.05, 4.69) is 10.3 Å². The van der Waals surface area contributed by atoms with Gasteiger partial charge in [-0.05, 0) is 12.8 Å². The monoisotopic (exact) mass is 237 g/mol. The van der Waals surface area contributed by atoms with Gasteiger partial charge in [-0.1, -0.05) is 18.1 Å². The van der Waals surface area contributed by atoms with Gasteiger partial charge in [0.05, 0.1) is 12.7 Å². The second-order valence-corrected chi connectivity index (χ2v) is 4.36. The highest BCUT2D eigenvalue weighted by molar-refractivity contribution is 5.91. The van der Waals surface area contributed by atoms with E-state index in [4.69, 9.17) is 5.73 Å². The van der Waals surface area contributed by atoms with Gasteiger partial charge >= 0.3 is 0 Å². The van der Waals surface area contributed by atoms with Crippen LogP contribution in [0.5, 0.6) is 0 Å². The smallest absolute Gasteiger partial charge is 0.276 e. The van der Waals surface area contributed by atoms with E-state index in [9.17, 15) is 4.79 Å². The molecule has 6 heteroatoms. The zero-order chi connectivity index (χ0) is 12.1. The first-order valence-electron chi connectivity index (χ1n) is 6.21. The average molecular weight is 237 g/mol. The first-order chi connectivity index (χ1) is 8.31. The molecule has 1 aromatic rings. The van der Waals surface area contributed by atoms with Gasteiger partial charge in [0.1, 0.15) is 0 Å². The maximum Gasteiger partial charge on any atom is 0.276 e. The van der Waals surface area contributed by atoms with Crippen LogP contribution in [-0.4, -0.2) is 45.4 Å². The third-order valence-electron chi connectivity index (χ3n) is 3.01. The van der Waals surface area contributed by atoms with E-state index in [0.29, 0.717) is 18.8 Å². The standard InChI is InChI=1S/C11H19N5O/c12-5-8-16-9-10(13-14-16)11(17)15-6-3-1-2-4-7-15/h9H,1-8,12H2. The highest BCUT2D eigenvalue weighted by Crippen LogP contribution is 2.12. The molecular formula is C11H19N5O. The zero-order valence-electron chi connectivity index (χ0n) is 10.0. The minimum Gasteiger partial charge on any atom is -0.337 e. The number of hydrogen-bond acceptors (Lipinski definition) is 4. The molecule has 1 aliphatic heterocycles. The molecule has 0 saturated carbocycles. The van der Waals surface area contributed by atoms with Crippen LogP contribution >= 0.6 is 0 Å².